The standard InChI is InChI=1S/C16H26N2O.ClH/c1-12(2)11-13-6-8-14(9-7-13)15(16(18)19)5-3-4-10-17;/h6-9,12,15H,3-5,10-11,17H2,1-2H3,(H2,18,19);1H/t15-;/m1./s1. The van der Waals surface area contributed by atoms with Crippen LogP contribution in [0.25, 0.3) is 0 Å². The van der Waals surface area contributed by atoms with Crippen molar-refractivity contribution >= 4 is 18.3 Å². The number of rotatable bonds is 8. The first kappa shape index (κ1) is 18.9. The third-order valence-electron chi connectivity index (χ3n) is 3.32. The van der Waals surface area contributed by atoms with E-state index in [0.717, 1.165) is 31.2 Å². The Kier molecular flexibility index (Phi) is 9.26. The predicted molar refractivity (Wildman–Crippen MR) is 87.1 cm³/mol. The summed E-state index contributed by atoms with van der Waals surface area (Å²) in [5.74, 6) is 0.218. The van der Waals surface area contributed by atoms with E-state index in [4.69, 9.17) is 11.5 Å². The van der Waals surface area contributed by atoms with Crippen molar-refractivity contribution in [3.63, 3.8) is 0 Å². The average Bonchev–Trinajstić information content (AvgIpc) is 2.35. The van der Waals surface area contributed by atoms with E-state index in [-0.39, 0.29) is 24.2 Å². The van der Waals surface area contributed by atoms with Crippen LogP contribution < -0.4 is 11.5 Å². The van der Waals surface area contributed by atoms with Gasteiger partial charge < -0.3 is 11.5 Å². The van der Waals surface area contributed by atoms with Gasteiger partial charge in [0.15, 0.2) is 0 Å². The van der Waals surface area contributed by atoms with Crippen LogP contribution in [0, 0.1) is 5.92 Å². The van der Waals surface area contributed by atoms with Gasteiger partial charge in [0.1, 0.15) is 0 Å². The minimum atomic E-state index is -0.242. The van der Waals surface area contributed by atoms with Crippen LogP contribution in [0.1, 0.15) is 50.2 Å². The topological polar surface area (TPSA) is 69.1 Å². The van der Waals surface area contributed by atoms with E-state index in [1.807, 2.05) is 12.1 Å². The van der Waals surface area contributed by atoms with Crippen molar-refractivity contribution in [2.45, 2.75) is 45.4 Å². The molecule has 4 N–H and O–H groups in total. The molecule has 0 aromatic heterocycles. The lowest BCUT2D eigenvalue weighted by molar-refractivity contribution is -0.119. The highest BCUT2D eigenvalue weighted by molar-refractivity contribution is 5.85. The summed E-state index contributed by atoms with van der Waals surface area (Å²) in [6.45, 7) is 5.07. The van der Waals surface area contributed by atoms with Gasteiger partial charge >= 0.3 is 0 Å². The SMILES string of the molecule is CC(C)Cc1ccc([C@@H](CCCCN)C(N)=O)cc1.Cl. The molecule has 0 radical (unpaired) electrons. The molecular formula is C16H27ClN2O. The number of hydrogen-bond acceptors (Lipinski definition) is 2. The second-order valence-electron chi connectivity index (χ2n) is 5.58. The van der Waals surface area contributed by atoms with Gasteiger partial charge in [-0.25, -0.2) is 0 Å². The molecule has 0 saturated heterocycles. The number of hydrogen-bond donors (Lipinski definition) is 2. The smallest absolute Gasteiger partial charge is 0.224 e. The maximum atomic E-state index is 11.5. The van der Waals surface area contributed by atoms with Gasteiger partial charge in [0.25, 0.3) is 0 Å². The molecule has 4 heteroatoms. The fourth-order valence-electron chi connectivity index (χ4n) is 2.32. The molecule has 0 unspecified atom stereocenters. The summed E-state index contributed by atoms with van der Waals surface area (Å²) in [6.07, 6.45) is 3.73. The molecule has 0 fully saturated rings. The van der Waals surface area contributed by atoms with Crippen LogP contribution in [-0.2, 0) is 11.2 Å². The summed E-state index contributed by atoms with van der Waals surface area (Å²) in [5.41, 5.74) is 13.3. The quantitative estimate of drug-likeness (QED) is 0.724. The van der Waals surface area contributed by atoms with Crippen molar-refractivity contribution in [3.05, 3.63) is 35.4 Å². The molecule has 0 heterocycles. The zero-order chi connectivity index (χ0) is 14.3. The number of benzene rings is 1. The Labute approximate surface area is 128 Å². The third-order valence-corrected chi connectivity index (χ3v) is 3.32. The normalized spacial score (nSPS) is 12.0. The maximum absolute atomic E-state index is 11.5. The average molecular weight is 299 g/mol. The second kappa shape index (κ2) is 9.78. The molecule has 0 saturated carbocycles. The number of carbonyl (C=O) groups excluding carboxylic acids is 1. The Morgan fingerprint density at radius 2 is 1.75 bits per heavy atom. The Hall–Kier alpha value is -1.06. The van der Waals surface area contributed by atoms with Gasteiger partial charge in [0.2, 0.25) is 5.91 Å². The highest BCUT2D eigenvalue weighted by Gasteiger charge is 2.17. The van der Waals surface area contributed by atoms with E-state index >= 15 is 0 Å². The molecule has 1 rings (SSSR count). The van der Waals surface area contributed by atoms with Gasteiger partial charge in [0.05, 0.1) is 5.92 Å². The van der Waals surface area contributed by atoms with Crippen molar-refractivity contribution < 1.29 is 4.79 Å². The fraction of sp³-hybridized carbons (Fsp3) is 0.562. The van der Waals surface area contributed by atoms with E-state index in [9.17, 15) is 4.79 Å². The molecule has 1 atom stereocenters. The highest BCUT2D eigenvalue weighted by Crippen LogP contribution is 2.22. The third kappa shape index (κ3) is 6.40. The monoisotopic (exact) mass is 298 g/mol. The molecule has 1 aromatic rings. The molecule has 1 amide bonds. The summed E-state index contributed by atoms with van der Waals surface area (Å²) in [4.78, 5) is 11.5. The minimum absolute atomic E-state index is 0. The molecule has 1 aromatic carbocycles. The second-order valence-corrected chi connectivity index (χ2v) is 5.58. The van der Waals surface area contributed by atoms with Gasteiger partial charge in [0, 0.05) is 0 Å². The van der Waals surface area contributed by atoms with Gasteiger partial charge in [-0.2, -0.15) is 0 Å². The Bertz CT molecular complexity index is 390. The minimum Gasteiger partial charge on any atom is -0.369 e. The molecule has 0 aliphatic rings. The van der Waals surface area contributed by atoms with Crippen LogP contribution in [0.2, 0.25) is 0 Å². The Balaban J connectivity index is 0.00000361. The Morgan fingerprint density at radius 3 is 2.20 bits per heavy atom. The zero-order valence-corrected chi connectivity index (χ0v) is 13.3. The van der Waals surface area contributed by atoms with Crippen molar-refractivity contribution in [1.82, 2.24) is 0 Å². The van der Waals surface area contributed by atoms with E-state index in [2.05, 4.69) is 26.0 Å². The zero-order valence-electron chi connectivity index (χ0n) is 12.5. The van der Waals surface area contributed by atoms with Crippen molar-refractivity contribution in [3.8, 4) is 0 Å². The molecular weight excluding hydrogens is 272 g/mol. The number of nitrogens with two attached hydrogens (primary N) is 2. The summed E-state index contributed by atoms with van der Waals surface area (Å²) in [6, 6.07) is 8.29. The summed E-state index contributed by atoms with van der Waals surface area (Å²) >= 11 is 0. The van der Waals surface area contributed by atoms with Crippen LogP contribution in [-0.4, -0.2) is 12.5 Å². The first-order valence-electron chi connectivity index (χ1n) is 7.12. The number of halogens is 1. The summed E-state index contributed by atoms with van der Waals surface area (Å²) in [5, 5.41) is 0. The van der Waals surface area contributed by atoms with E-state index in [0.29, 0.717) is 12.5 Å². The van der Waals surface area contributed by atoms with Crippen molar-refractivity contribution in [2.24, 2.45) is 17.4 Å². The lowest BCUT2D eigenvalue weighted by Crippen LogP contribution is -2.21. The molecule has 0 aliphatic carbocycles. The largest absolute Gasteiger partial charge is 0.369 e. The van der Waals surface area contributed by atoms with Crippen LogP contribution >= 0.6 is 12.4 Å². The summed E-state index contributed by atoms with van der Waals surface area (Å²) < 4.78 is 0. The van der Waals surface area contributed by atoms with E-state index < -0.39 is 0 Å². The maximum Gasteiger partial charge on any atom is 0.224 e. The molecule has 0 aliphatic heterocycles. The predicted octanol–water partition coefficient (Wildman–Crippen LogP) is 3.00. The van der Waals surface area contributed by atoms with Gasteiger partial charge in [-0.3, -0.25) is 4.79 Å². The lowest BCUT2D eigenvalue weighted by Gasteiger charge is -2.14. The van der Waals surface area contributed by atoms with Crippen LogP contribution in [0.3, 0.4) is 0 Å². The number of unbranched alkanes of at least 4 members (excludes halogenated alkanes) is 1. The number of amides is 1. The van der Waals surface area contributed by atoms with Crippen LogP contribution in [0.4, 0.5) is 0 Å². The van der Waals surface area contributed by atoms with Crippen LogP contribution in [0.15, 0.2) is 24.3 Å². The van der Waals surface area contributed by atoms with E-state index in [1.165, 1.54) is 5.56 Å². The first-order valence-corrected chi connectivity index (χ1v) is 7.12. The van der Waals surface area contributed by atoms with Crippen LogP contribution in [0.5, 0.6) is 0 Å². The van der Waals surface area contributed by atoms with Gasteiger partial charge in [-0.15, -0.1) is 12.4 Å². The fourth-order valence-corrected chi connectivity index (χ4v) is 2.32. The first-order chi connectivity index (χ1) is 9.04. The molecule has 20 heavy (non-hydrogen) atoms. The van der Waals surface area contributed by atoms with Gasteiger partial charge in [-0.05, 0) is 42.9 Å². The molecule has 114 valence electrons. The molecule has 0 bridgehead atoms. The number of primary amides is 1. The molecule has 0 spiro atoms. The highest BCUT2D eigenvalue weighted by atomic mass is 35.5. The van der Waals surface area contributed by atoms with E-state index in [1.54, 1.807) is 0 Å². The van der Waals surface area contributed by atoms with Gasteiger partial charge in [-0.1, -0.05) is 44.5 Å². The van der Waals surface area contributed by atoms with Crippen molar-refractivity contribution in [2.75, 3.05) is 6.54 Å². The molecule has 3 nitrogen and oxygen atoms in total. The Morgan fingerprint density at radius 1 is 1.15 bits per heavy atom. The summed E-state index contributed by atoms with van der Waals surface area (Å²) in [7, 11) is 0. The number of carbonyl (C=O) groups is 1. The van der Waals surface area contributed by atoms with Crippen molar-refractivity contribution in [1.29, 1.82) is 0 Å². The lowest BCUT2D eigenvalue weighted by atomic mass is 9.91.